The fourth-order valence-electron chi connectivity index (χ4n) is 5.45. The van der Waals surface area contributed by atoms with Crippen LogP contribution in [0.5, 0.6) is 0 Å². The van der Waals surface area contributed by atoms with Crippen LogP contribution in [0, 0.1) is 37.5 Å². The summed E-state index contributed by atoms with van der Waals surface area (Å²) in [7, 11) is 2.03. The van der Waals surface area contributed by atoms with Crippen molar-refractivity contribution >= 4 is 21.9 Å². The maximum atomic E-state index is 10.1. The topological polar surface area (TPSA) is 40.8 Å². The number of aromatic nitrogens is 1. The first-order chi connectivity index (χ1) is 18.7. The second-order valence-corrected chi connectivity index (χ2v) is 10.5. The molecule has 1 aliphatic carbocycles. The lowest BCUT2D eigenvalue weighted by Gasteiger charge is -2.14. The van der Waals surface area contributed by atoms with Crippen LogP contribution in [0.25, 0.3) is 44.3 Å². The van der Waals surface area contributed by atoms with E-state index in [-0.39, 0.29) is 0 Å². The number of hydrogen-bond donors (Lipinski definition) is 0. The molecule has 0 aliphatic heterocycles. The predicted molar refractivity (Wildman–Crippen MR) is 146 cm³/mol. The summed E-state index contributed by atoms with van der Waals surface area (Å²) >= 11 is 0. The van der Waals surface area contributed by atoms with Crippen molar-refractivity contribution in [1.82, 2.24) is 0 Å². The SMILES string of the molecule is [2H]C1([2H])c2ccc(-c3c(C#N)ccc4c3oc3c(-c5cc(C)c(C)c[n+]5C)c(C)ccc34)cc2C([2H])([2H])C1(C)C. The van der Waals surface area contributed by atoms with Crippen molar-refractivity contribution in [3.05, 3.63) is 88.1 Å². The lowest BCUT2D eigenvalue weighted by atomic mass is 9.90. The van der Waals surface area contributed by atoms with Gasteiger partial charge in [-0.15, -0.1) is 0 Å². The monoisotopic (exact) mass is 475 g/mol. The molecule has 0 fully saturated rings. The van der Waals surface area contributed by atoms with Crippen LogP contribution in [0.4, 0.5) is 0 Å². The highest BCUT2D eigenvalue weighted by atomic mass is 16.3. The Morgan fingerprint density at radius 3 is 2.31 bits per heavy atom. The van der Waals surface area contributed by atoms with E-state index >= 15 is 0 Å². The lowest BCUT2D eigenvalue weighted by Crippen LogP contribution is -2.31. The minimum Gasteiger partial charge on any atom is -0.454 e. The predicted octanol–water partition coefficient (Wildman–Crippen LogP) is 7.67. The smallest absolute Gasteiger partial charge is 0.216 e. The van der Waals surface area contributed by atoms with Gasteiger partial charge in [0.15, 0.2) is 6.20 Å². The van der Waals surface area contributed by atoms with Crippen LogP contribution in [-0.4, -0.2) is 0 Å². The van der Waals surface area contributed by atoms with Gasteiger partial charge < -0.3 is 4.42 Å². The first kappa shape index (κ1) is 18.4. The van der Waals surface area contributed by atoms with Crippen molar-refractivity contribution in [1.29, 1.82) is 5.26 Å². The molecule has 36 heavy (non-hydrogen) atoms. The quantitative estimate of drug-likeness (QED) is 0.246. The van der Waals surface area contributed by atoms with Crippen LogP contribution in [0.3, 0.4) is 0 Å². The summed E-state index contributed by atoms with van der Waals surface area (Å²) in [5.74, 6) is 0. The minimum atomic E-state index is -1.90. The Hall–Kier alpha value is -3.90. The van der Waals surface area contributed by atoms with Crippen LogP contribution in [0.2, 0.25) is 0 Å². The molecule has 2 heterocycles. The molecule has 0 unspecified atom stereocenters. The molecule has 3 heteroatoms. The normalized spacial score (nSPS) is 18.8. The Bertz CT molecular complexity index is 1940. The van der Waals surface area contributed by atoms with Crippen LogP contribution in [0.15, 0.2) is 59.1 Å². The molecule has 0 bridgehead atoms. The van der Waals surface area contributed by atoms with Gasteiger partial charge in [-0.2, -0.15) is 5.26 Å². The number of nitriles is 1. The van der Waals surface area contributed by atoms with Crippen molar-refractivity contribution in [2.75, 3.05) is 0 Å². The summed E-state index contributed by atoms with van der Waals surface area (Å²) < 4.78 is 44.0. The standard InChI is InChI=1S/C33H31N2O/c1-19-7-11-26-27-12-10-24(17-34)30(22-8-9-23-15-33(4,5)16-25(23)14-22)32(27)36-31(26)29(19)28-13-20(2)21(3)18-35(28)6/h7-14,18H,15-16H2,1-6H3/q+1/i15D2,16D2. The number of aryl methyl sites for hydroxylation is 4. The van der Waals surface area contributed by atoms with Gasteiger partial charge in [-0.1, -0.05) is 44.2 Å². The van der Waals surface area contributed by atoms with Gasteiger partial charge in [-0.05, 0) is 78.9 Å². The zero-order valence-corrected chi connectivity index (χ0v) is 21.5. The third-order valence-corrected chi connectivity index (χ3v) is 7.34. The average Bonchev–Trinajstić information content (AvgIpc) is 3.32. The Morgan fingerprint density at radius 2 is 1.56 bits per heavy atom. The van der Waals surface area contributed by atoms with Gasteiger partial charge in [0.25, 0.3) is 0 Å². The van der Waals surface area contributed by atoms with E-state index in [0.717, 1.165) is 33.2 Å². The van der Waals surface area contributed by atoms with Gasteiger partial charge in [-0.25, -0.2) is 4.57 Å². The lowest BCUT2D eigenvalue weighted by molar-refractivity contribution is -0.660. The van der Waals surface area contributed by atoms with Gasteiger partial charge in [0.1, 0.15) is 18.2 Å². The van der Waals surface area contributed by atoms with Crippen molar-refractivity contribution in [3.63, 3.8) is 0 Å². The van der Waals surface area contributed by atoms with E-state index in [1.807, 2.05) is 13.1 Å². The van der Waals surface area contributed by atoms with Gasteiger partial charge in [0, 0.05) is 33.4 Å². The van der Waals surface area contributed by atoms with Crippen LogP contribution in [0.1, 0.15) is 52.7 Å². The first-order valence-corrected chi connectivity index (χ1v) is 12.2. The van der Waals surface area contributed by atoms with Crippen LogP contribution >= 0.6 is 0 Å². The fraction of sp³-hybridized carbons (Fsp3) is 0.273. The molecule has 178 valence electrons. The molecular formula is C33H31N2O+. The third kappa shape index (κ3) is 3.36. The number of nitrogens with zero attached hydrogens (tertiary/aromatic N) is 2. The molecule has 3 nitrogen and oxygen atoms in total. The molecule has 3 aromatic carbocycles. The van der Waals surface area contributed by atoms with Gasteiger partial charge in [0.05, 0.1) is 17.2 Å². The number of fused-ring (bicyclic) bond motifs is 4. The van der Waals surface area contributed by atoms with Crippen LogP contribution < -0.4 is 4.57 Å². The van der Waals surface area contributed by atoms with Crippen molar-refractivity contribution in [2.45, 2.75) is 47.4 Å². The summed E-state index contributed by atoms with van der Waals surface area (Å²) in [6, 6.07) is 17.5. The largest absolute Gasteiger partial charge is 0.454 e. The highest BCUT2D eigenvalue weighted by Crippen LogP contribution is 2.44. The maximum Gasteiger partial charge on any atom is 0.216 e. The Kier molecular flexibility index (Phi) is 3.98. The van der Waals surface area contributed by atoms with E-state index < -0.39 is 18.2 Å². The van der Waals surface area contributed by atoms with E-state index in [1.165, 1.54) is 11.1 Å². The second kappa shape index (κ2) is 7.80. The van der Waals surface area contributed by atoms with Gasteiger partial charge in [-0.3, -0.25) is 0 Å². The molecule has 0 spiro atoms. The number of furan rings is 1. The number of hydrogen-bond acceptors (Lipinski definition) is 2. The average molecular weight is 476 g/mol. The zero-order chi connectivity index (χ0) is 28.9. The van der Waals surface area contributed by atoms with Crippen molar-refractivity contribution < 1.29 is 14.5 Å². The van der Waals surface area contributed by atoms with E-state index in [1.54, 1.807) is 38.1 Å². The van der Waals surface area contributed by atoms with E-state index in [9.17, 15) is 5.26 Å². The van der Waals surface area contributed by atoms with E-state index in [4.69, 9.17) is 9.90 Å². The molecule has 0 N–H and O–H groups in total. The van der Waals surface area contributed by atoms with E-state index in [0.29, 0.717) is 33.4 Å². The fourth-order valence-corrected chi connectivity index (χ4v) is 5.45. The molecule has 5 aromatic rings. The second-order valence-electron chi connectivity index (χ2n) is 10.5. The number of benzene rings is 3. The molecule has 0 radical (unpaired) electrons. The summed E-state index contributed by atoms with van der Waals surface area (Å²) in [5.41, 5.74) is 7.81. The Balaban J connectivity index is 1.68. The Labute approximate surface area is 218 Å². The summed E-state index contributed by atoms with van der Waals surface area (Å²) in [6.07, 6.45) is -1.63. The van der Waals surface area contributed by atoms with Crippen molar-refractivity contribution in [3.8, 4) is 28.5 Å². The summed E-state index contributed by atoms with van der Waals surface area (Å²) in [6.45, 7) is 9.51. The third-order valence-electron chi connectivity index (χ3n) is 7.34. The summed E-state index contributed by atoms with van der Waals surface area (Å²) in [5, 5.41) is 11.9. The minimum absolute atomic E-state index is 0.315. The number of pyridine rings is 1. The first-order valence-electron chi connectivity index (χ1n) is 14.2. The molecule has 0 atom stereocenters. The molecule has 1 aliphatic rings. The van der Waals surface area contributed by atoms with Gasteiger partial charge >= 0.3 is 0 Å². The zero-order valence-electron chi connectivity index (χ0n) is 25.5. The summed E-state index contributed by atoms with van der Waals surface area (Å²) in [4.78, 5) is 0. The Morgan fingerprint density at radius 1 is 0.861 bits per heavy atom. The molecule has 0 saturated heterocycles. The molecular weight excluding hydrogens is 440 g/mol. The molecule has 0 saturated carbocycles. The van der Waals surface area contributed by atoms with Crippen molar-refractivity contribution in [2.24, 2.45) is 12.5 Å². The highest BCUT2D eigenvalue weighted by Gasteiger charge is 2.29. The van der Waals surface area contributed by atoms with E-state index in [2.05, 4.69) is 55.8 Å². The van der Waals surface area contributed by atoms with Gasteiger partial charge in [0.2, 0.25) is 5.69 Å². The number of rotatable bonds is 2. The molecule has 0 amide bonds. The van der Waals surface area contributed by atoms with Crippen LogP contribution in [-0.2, 0) is 19.8 Å². The molecule has 2 aromatic heterocycles. The highest BCUT2D eigenvalue weighted by molar-refractivity contribution is 6.14. The maximum absolute atomic E-state index is 10.1. The molecule has 6 rings (SSSR count).